The second kappa shape index (κ2) is 10.0. The highest BCUT2D eigenvalue weighted by Gasteiger charge is 2.34. The number of amides is 1. The van der Waals surface area contributed by atoms with Crippen molar-refractivity contribution in [3.8, 4) is 0 Å². The molecule has 6 nitrogen and oxygen atoms in total. The number of hydrogen-bond donors (Lipinski definition) is 3. The first-order valence-electron chi connectivity index (χ1n) is 7.38. The van der Waals surface area contributed by atoms with Crippen LogP contribution in [-0.4, -0.2) is 33.6 Å². The molecule has 138 valence electrons. The van der Waals surface area contributed by atoms with Crippen molar-refractivity contribution in [1.82, 2.24) is 10.6 Å². The van der Waals surface area contributed by atoms with Crippen LogP contribution in [0.15, 0.2) is 24.3 Å². The van der Waals surface area contributed by atoms with Crippen molar-refractivity contribution in [2.75, 3.05) is 11.9 Å². The summed E-state index contributed by atoms with van der Waals surface area (Å²) in [5.74, 6) is -0.710. The molecule has 1 amide bonds. The average Bonchev–Trinajstić information content (AvgIpc) is 2.54. The van der Waals surface area contributed by atoms with Gasteiger partial charge in [0.15, 0.2) is 5.11 Å². The molecule has 1 rings (SSSR count). The molecule has 0 aliphatic heterocycles. The lowest BCUT2D eigenvalue weighted by molar-refractivity contribution is -0.121. The normalized spacial score (nSPS) is 12.0. The molecule has 0 aliphatic rings. The fourth-order valence-corrected chi connectivity index (χ4v) is 2.23. The minimum atomic E-state index is -1.80. The molecule has 0 aromatic heterocycles. The average molecular weight is 427 g/mol. The van der Waals surface area contributed by atoms with Crippen LogP contribution in [0.3, 0.4) is 0 Å². The highest BCUT2D eigenvalue weighted by atomic mass is 35.6. The lowest BCUT2D eigenvalue weighted by Gasteiger charge is -2.27. The molecule has 0 radical (unpaired) electrons. The Bertz CT molecular complexity index is 621. The zero-order valence-corrected chi connectivity index (χ0v) is 16.7. The van der Waals surface area contributed by atoms with Crippen LogP contribution in [-0.2, 0) is 9.53 Å². The molecule has 0 fully saturated rings. The summed E-state index contributed by atoms with van der Waals surface area (Å²) in [5, 5.41) is 8.27. The number of benzene rings is 1. The zero-order chi connectivity index (χ0) is 19.0. The predicted molar refractivity (Wildman–Crippen MR) is 104 cm³/mol. The molecule has 1 aromatic carbocycles. The molecule has 10 heteroatoms. The van der Waals surface area contributed by atoms with Crippen molar-refractivity contribution >= 4 is 69.7 Å². The zero-order valence-electron chi connectivity index (χ0n) is 13.6. The van der Waals surface area contributed by atoms with Crippen LogP contribution < -0.4 is 16.0 Å². The fourth-order valence-electron chi connectivity index (χ4n) is 1.67. The number of rotatable bonds is 6. The number of anilines is 1. The van der Waals surface area contributed by atoms with E-state index >= 15 is 0 Å². The summed E-state index contributed by atoms with van der Waals surface area (Å²) in [6.07, 6.45) is -0.780. The molecular formula is C15H18Cl3N3O3S. The van der Waals surface area contributed by atoms with Crippen molar-refractivity contribution in [1.29, 1.82) is 0 Å². The third kappa shape index (κ3) is 7.64. The Labute approximate surface area is 166 Å². The quantitative estimate of drug-likeness (QED) is 0.280. The minimum absolute atomic E-state index is 0.136. The molecule has 0 bridgehead atoms. The maximum atomic E-state index is 11.6. The topological polar surface area (TPSA) is 79.5 Å². The van der Waals surface area contributed by atoms with Gasteiger partial charge in [-0.25, -0.2) is 4.79 Å². The Hall–Kier alpha value is -1.28. The number of carbonyl (C=O) groups is 2. The van der Waals surface area contributed by atoms with E-state index in [1.807, 2.05) is 0 Å². The van der Waals surface area contributed by atoms with Crippen LogP contribution in [0, 0.1) is 0 Å². The summed E-state index contributed by atoms with van der Waals surface area (Å²) in [6, 6.07) is 6.48. The van der Waals surface area contributed by atoms with Gasteiger partial charge in [0.1, 0.15) is 6.17 Å². The lowest BCUT2D eigenvalue weighted by atomic mass is 10.2. The summed E-state index contributed by atoms with van der Waals surface area (Å²) in [4.78, 5) is 23.1. The highest BCUT2D eigenvalue weighted by Crippen LogP contribution is 2.29. The van der Waals surface area contributed by atoms with Crippen LogP contribution in [0.5, 0.6) is 0 Å². The Balaban J connectivity index is 2.70. The van der Waals surface area contributed by atoms with Crippen LogP contribution in [0.4, 0.5) is 5.69 Å². The van der Waals surface area contributed by atoms with Crippen molar-refractivity contribution in [2.24, 2.45) is 0 Å². The first-order valence-corrected chi connectivity index (χ1v) is 8.92. The van der Waals surface area contributed by atoms with Gasteiger partial charge in [-0.1, -0.05) is 41.7 Å². The second-order valence-electron chi connectivity index (χ2n) is 4.79. The van der Waals surface area contributed by atoms with Gasteiger partial charge in [-0.2, -0.15) is 0 Å². The van der Waals surface area contributed by atoms with Gasteiger partial charge >= 0.3 is 5.97 Å². The maximum absolute atomic E-state index is 11.6. The summed E-state index contributed by atoms with van der Waals surface area (Å²) in [6.45, 7) is 3.71. The van der Waals surface area contributed by atoms with Crippen LogP contribution in [0.1, 0.15) is 30.6 Å². The molecule has 0 unspecified atom stereocenters. The smallest absolute Gasteiger partial charge is 0.338 e. The number of nitrogens with one attached hydrogen (secondary N) is 3. The standard InChI is InChI=1S/C15H18Cl3N3O3S/c1-3-11(22)20-13(15(16,17)18)21-14(25)19-10-7-5-9(6-8-10)12(23)24-4-2/h5-8,13H,3-4H2,1-2H3,(H,20,22)(H2,19,21,25)/t13-/m0/s1. The van der Waals surface area contributed by atoms with E-state index in [1.54, 1.807) is 38.1 Å². The van der Waals surface area contributed by atoms with E-state index in [0.29, 0.717) is 17.9 Å². The molecule has 0 heterocycles. The monoisotopic (exact) mass is 425 g/mol. The molecule has 1 aromatic rings. The Morgan fingerprint density at radius 3 is 2.24 bits per heavy atom. The van der Waals surface area contributed by atoms with E-state index in [1.165, 1.54) is 0 Å². The van der Waals surface area contributed by atoms with Crippen molar-refractivity contribution in [3.63, 3.8) is 0 Å². The van der Waals surface area contributed by atoms with Crippen LogP contribution in [0.2, 0.25) is 0 Å². The highest BCUT2D eigenvalue weighted by molar-refractivity contribution is 7.80. The molecular weight excluding hydrogens is 409 g/mol. The molecule has 0 saturated carbocycles. The number of carbonyl (C=O) groups excluding carboxylic acids is 2. The van der Waals surface area contributed by atoms with E-state index in [2.05, 4.69) is 16.0 Å². The number of alkyl halides is 3. The minimum Gasteiger partial charge on any atom is -0.462 e. The number of halogens is 3. The first-order chi connectivity index (χ1) is 11.7. The van der Waals surface area contributed by atoms with E-state index in [-0.39, 0.29) is 17.4 Å². The van der Waals surface area contributed by atoms with Gasteiger partial charge < -0.3 is 20.7 Å². The lowest BCUT2D eigenvalue weighted by Crippen LogP contribution is -2.56. The summed E-state index contributed by atoms with van der Waals surface area (Å²) < 4.78 is 3.10. The molecule has 0 aliphatic carbocycles. The van der Waals surface area contributed by atoms with Crippen LogP contribution in [0.25, 0.3) is 0 Å². The molecule has 1 atom stereocenters. The molecule has 0 spiro atoms. The van der Waals surface area contributed by atoms with Gasteiger partial charge in [0.25, 0.3) is 0 Å². The number of ether oxygens (including phenoxy) is 1. The third-order valence-corrected chi connectivity index (χ3v) is 3.76. The molecule has 0 saturated heterocycles. The number of hydrogen-bond acceptors (Lipinski definition) is 4. The number of esters is 1. The SMILES string of the molecule is CCOC(=O)c1ccc(NC(=S)N[C@H](NC(=O)CC)C(Cl)(Cl)Cl)cc1. The van der Waals surface area contributed by atoms with E-state index in [9.17, 15) is 9.59 Å². The Morgan fingerprint density at radius 1 is 1.16 bits per heavy atom. The molecule has 25 heavy (non-hydrogen) atoms. The van der Waals surface area contributed by atoms with Gasteiger partial charge in [0, 0.05) is 12.1 Å². The summed E-state index contributed by atoms with van der Waals surface area (Å²) in [7, 11) is 0. The van der Waals surface area contributed by atoms with E-state index in [0.717, 1.165) is 0 Å². The van der Waals surface area contributed by atoms with Crippen molar-refractivity contribution < 1.29 is 14.3 Å². The van der Waals surface area contributed by atoms with Gasteiger partial charge in [-0.15, -0.1) is 0 Å². The van der Waals surface area contributed by atoms with Gasteiger partial charge in [-0.05, 0) is 43.4 Å². The third-order valence-electron chi connectivity index (χ3n) is 2.88. The van der Waals surface area contributed by atoms with Gasteiger partial charge in [-0.3, -0.25) is 4.79 Å². The largest absolute Gasteiger partial charge is 0.462 e. The Kier molecular flexibility index (Phi) is 8.71. The van der Waals surface area contributed by atoms with E-state index < -0.39 is 15.9 Å². The fraction of sp³-hybridized carbons (Fsp3) is 0.400. The second-order valence-corrected chi connectivity index (χ2v) is 7.57. The maximum Gasteiger partial charge on any atom is 0.338 e. The Morgan fingerprint density at radius 2 is 1.76 bits per heavy atom. The summed E-state index contributed by atoms with van der Waals surface area (Å²) in [5.41, 5.74) is 1.02. The van der Waals surface area contributed by atoms with Crippen molar-refractivity contribution in [2.45, 2.75) is 30.2 Å². The van der Waals surface area contributed by atoms with Crippen molar-refractivity contribution in [3.05, 3.63) is 29.8 Å². The van der Waals surface area contributed by atoms with Gasteiger partial charge in [0.2, 0.25) is 9.70 Å². The predicted octanol–water partition coefficient (Wildman–Crippen LogP) is 3.37. The van der Waals surface area contributed by atoms with E-state index in [4.69, 9.17) is 51.8 Å². The van der Waals surface area contributed by atoms with Crippen LogP contribution >= 0.6 is 47.0 Å². The molecule has 3 N–H and O–H groups in total. The summed E-state index contributed by atoms with van der Waals surface area (Å²) >= 11 is 22.7. The number of thiocarbonyl (C=S) groups is 1. The van der Waals surface area contributed by atoms with Gasteiger partial charge in [0.05, 0.1) is 12.2 Å². The first kappa shape index (κ1) is 21.8.